The van der Waals surface area contributed by atoms with Crippen LogP contribution in [0.25, 0.3) is 33.3 Å². The molecule has 0 aliphatic rings. The van der Waals surface area contributed by atoms with Gasteiger partial charge in [-0.1, -0.05) is 0 Å². The van der Waals surface area contributed by atoms with Crippen LogP contribution >= 0.6 is 0 Å². The number of nitrogens with zero attached hydrogens (tertiary/aromatic N) is 3. The molecule has 7 nitrogen and oxygen atoms in total. The van der Waals surface area contributed by atoms with E-state index in [4.69, 9.17) is 13.9 Å². The van der Waals surface area contributed by atoms with Gasteiger partial charge < -0.3 is 13.9 Å². The van der Waals surface area contributed by atoms with E-state index >= 15 is 0 Å². The van der Waals surface area contributed by atoms with Gasteiger partial charge in [-0.15, -0.1) is 0 Å². The molecule has 7 heteroatoms. The van der Waals surface area contributed by atoms with Crippen molar-refractivity contribution < 1.29 is 13.9 Å². The minimum Gasteiger partial charge on any atom is -0.497 e. The maximum Gasteiger partial charge on any atom is 0.336 e. The van der Waals surface area contributed by atoms with Crippen molar-refractivity contribution >= 4 is 21.9 Å². The fraction of sp³-hybridized carbons (Fsp3) is 0.0435. The summed E-state index contributed by atoms with van der Waals surface area (Å²) >= 11 is 0. The van der Waals surface area contributed by atoms with E-state index in [2.05, 4.69) is 15.0 Å². The fourth-order valence-corrected chi connectivity index (χ4v) is 3.12. The van der Waals surface area contributed by atoms with Gasteiger partial charge in [0, 0.05) is 35.5 Å². The number of benzene rings is 2. The Kier molecular flexibility index (Phi) is 4.33. The highest BCUT2D eigenvalue weighted by Gasteiger charge is 2.13. The van der Waals surface area contributed by atoms with Crippen LogP contribution in [0.1, 0.15) is 0 Å². The maximum atomic E-state index is 11.6. The first kappa shape index (κ1) is 17.8. The molecular formula is C23H15N3O4. The molecule has 0 atom stereocenters. The minimum absolute atomic E-state index is 0.357. The molecule has 0 aliphatic heterocycles. The first-order valence-corrected chi connectivity index (χ1v) is 9.17. The highest BCUT2D eigenvalue weighted by atomic mass is 16.5. The van der Waals surface area contributed by atoms with Gasteiger partial charge in [0.2, 0.25) is 5.88 Å². The third-order valence-electron chi connectivity index (χ3n) is 4.60. The van der Waals surface area contributed by atoms with Crippen LogP contribution in [0.2, 0.25) is 0 Å². The summed E-state index contributed by atoms with van der Waals surface area (Å²) in [6.07, 6.45) is 3.38. The van der Waals surface area contributed by atoms with Crippen molar-refractivity contribution in [2.75, 3.05) is 7.11 Å². The number of fused-ring (bicyclic) bond motifs is 2. The summed E-state index contributed by atoms with van der Waals surface area (Å²) in [6, 6.07) is 17.6. The third kappa shape index (κ3) is 3.33. The van der Waals surface area contributed by atoms with Gasteiger partial charge in [-0.2, -0.15) is 4.98 Å². The zero-order chi connectivity index (χ0) is 20.5. The topological polar surface area (TPSA) is 87.3 Å². The molecule has 0 saturated heterocycles. The lowest BCUT2D eigenvalue weighted by atomic mass is 10.2. The number of hydrogen-bond donors (Lipinski definition) is 0. The molecule has 3 heterocycles. The van der Waals surface area contributed by atoms with E-state index < -0.39 is 5.63 Å². The number of methoxy groups -OCH3 is 1. The van der Waals surface area contributed by atoms with Gasteiger partial charge in [0.15, 0.2) is 5.82 Å². The molecule has 0 aliphatic carbocycles. The van der Waals surface area contributed by atoms with Crippen molar-refractivity contribution in [3.05, 3.63) is 83.5 Å². The van der Waals surface area contributed by atoms with E-state index in [0.29, 0.717) is 39.7 Å². The smallest absolute Gasteiger partial charge is 0.336 e. The molecule has 0 N–H and O–H groups in total. The molecule has 0 spiro atoms. The average Bonchev–Trinajstić information content (AvgIpc) is 2.79. The van der Waals surface area contributed by atoms with Crippen molar-refractivity contribution in [1.29, 1.82) is 0 Å². The maximum absolute atomic E-state index is 11.6. The Hall–Kier alpha value is -4.26. The van der Waals surface area contributed by atoms with Gasteiger partial charge in [-0.05, 0) is 48.5 Å². The van der Waals surface area contributed by atoms with Crippen molar-refractivity contribution in [3.63, 3.8) is 0 Å². The average molecular weight is 397 g/mol. The van der Waals surface area contributed by atoms with Crippen LogP contribution < -0.4 is 15.1 Å². The van der Waals surface area contributed by atoms with Crippen molar-refractivity contribution in [1.82, 2.24) is 15.0 Å². The summed E-state index contributed by atoms with van der Waals surface area (Å²) in [5.74, 6) is 1.99. The van der Waals surface area contributed by atoms with Crippen LogP contribution in [0.15, 0.2) is 82.3 Å². The standard InChI is InChI=1S/C23H15N3O4/c1-28-16-7-8-19-18(11-16)23(26-22(25-19)15-3-2-10-24-13-15)29-17-6-4-14-5-9-21(27)30-20(14)12-17/h2-13H,1H3. The zero-order valence-electron chi connectivity index (χ0n) is 15.9. The Balaban J connectivity index is 1.67. The lowest BCUT2D eigenvalue weighted by Crippen LogP contribution is -1.98. The Bertz CT molecular complexity index is 1430. The van der Waals surface area contributed by atoms with Crippen LogP contribution in [-0.2, 0) is 0 Å². The second kappa shape index (κ2) is 7.29. The number of pyridine rings is 1. The Labute approximate surface area is 170 Å². The highest BCUT2D eigenvalue weighted by Crippen LogP contribution is 2.33. The molecule has 0 unspecified atom stereocenters. The molecule has 0 saturated carbocycles. The van der Waals surface area contributed by atoms with Crippen molar-refractivity contribution in [2.24, 2.45) is 0 Å². The minimum atomic E-state index is -0.421. The van der Waals surface area contributed by atoms with Gasteiger partial charge in [0.05, 0.1) is 18.0 Å². The van der Waals surface area contributed by atoms with Gasteiger partial charge >= 0.3 is 5.63 Å². The molecule has 0 fully saturated rings. The van der Waals surface area contributed by atoms with Crippen molar-refractivity contribution in [2.45, 2.75) is 0 Å². The lowest BCUT2D eigenvalue weighted by Gasteiger charge is -2.11. The number of ether oxygens (including phenoxy) is 2. The third-order valence-corrected chi connectivity index (χ3v) is 4.60. The summed E-state index contributed by atoms with van der Waals surface area (Å²) in [4.78, 5) is 25.0. The van der Waals surface area contributed by atoms with Gasteiger partial charge in [0.25, 0.3) is 0 Å². The Morgan fingerprint density at radius 1 is 0.933 bits per heavy atom. The molecule has 5 aromatic rings. The van der Waals surface area contributed by atoms with Crippen LogP contribution in [0.4, 0.5) is 0 Å². The molecule has 2 aromatic carbocycles. The summed E-state index contributed by atoms with van der Waals surface area (Å²) in [5, 5.41) is 1.49. The van der Waals surface area contributed by atoms with E-state index in [-0.39, 0.29) is 0 Å². The van der Waals surface area contributed by atoms with E-state index in [0.717, 1.165) is 10.9 Å². The monoisotopic (exact) mass is 397 g/mol. The second-order valence-electron chi connectivity index (χ2n) is 6.53. The summed E-state index contributed by atoms with van der Waals surface area (Å²) in [7, 11) is 1.60. The predicted octanol–water partition coefficient (Wildman–Crippen LogP) is 4.60. The molecule has 146 valence electrons. The molecule has 0 bridgehead atoms. The Morgan fingerprint density at radius 3 is 2.63 bits per heavy atom. The highest BCUT2D eigenvalue weighted by molar-refractivity contribution is 5.87. The first-order valence-electron chi connectivity index (χ1n) is 9.17. The van der Waals surface area contributed by atoms with Gasteiger partial charge in [0.1, 0.15) is 17.1 Å². The lowest BCUT2D eigenvalue weighted by molar-refractivity contribution is 0.415. The van der Waals surface area contributed by atoms with E-state index in [9.17, 15) is 4.79 Å². The van der Waals surface area contributed by atoms with Crippen LogP contribution in [0.3, 0.4) is 0 Å². The fourth-order valence-electron chi connectivity index (χ4n) is 3.12. The molecule has 5 rings (SSSR count). The van der Waals surface area contributed by atoms with E-state index in [1.807, 2.05) is 36.4 Å². The number of aromatic nitrogens is 3. The zero-order valence-corrected chi connectivity index (χ0v) is 15.9. The predicted molar refractivity (Wildman–Crippen MR) is 112 cm³/mol. The second-order valence-corrected chi connectivity index (χ2v) is 6.53. The number of rotatable bonds is 4. The summed E-state index contributed by atoms with van der Waals surface area (Å²) in [5.41, 5.74) is 1.48. The quantitative estimate of drug-likeness (QED) is 0.410. The van der Waals surface area contributed by atoms with E-state index in [1.165, 1.54) is 6.07 Å². The molecule has 0 amide bonds. The normalized spacial score (nSPS) is 11.0. The van der Waals surface area contributed by atoms with Gasteiger partial charge in [-0.3, -0.25) is 4.98 Å². The van der Waals surface area contributed by atoms with Crippen LogP contribution in [0, 0.1) is 0 Å². The molecule has 3 aromatic heterocycles. The molecular weight excluding hydrogens is 382 g/mol. The Morgan fingerprint density at radius 2 is 1.80 bits per heavy atom. The number of hydrogen-bond acceptors (Lipinski definition) is 7. The van der Waals surface area contributed by atoms with Gasteiger partial charge in [-0.25, -0.2) is 9.78 Å². The molecule has 30 heavy (non-hydrogen) atoms. The summed E-state index contributed by atoms with van der Waals surface area (Å²) < 4.78 is 16.7. The molecule has 0 radical (unpaired) electrons. The largest absolute Gasteiger partial charge is 0.497 e. The summed E-state index contributed by atoms with van der Waals surface area (Å²) in [6.45, 7) is 0. The van der Waals surface area contributed by atoms with E-state index in [1.54, 1.807) is 37.7 Å². The van der Waals surface area contributed by atoms with Crippen LogP contribution in [0.5, 0.6) is 17.4 Å². The first-order chi connectivity index (χ1) is 14.7. The van der Waals surface area contributed by atoms with Crippen LogP contribution in [-0.4, -0.2) is 22.1 Å². The SMILES string of the molecule is COc1ccc2nc(-c3cccnc3)nc(Oc3ccc4ccc(=O)oc4c3)c2c1. The van der Waals surface area contributed by atoms with Crippen molar-refractivity contribution in [3.8, 4) is 28.8 Å².